The van der Waals surface area contributed by atoms with Gasteiger partial charge in [-0.15, -0.1) is 0 Å². The maximum atomic E-state index is 14.7. The normalized spacial score (nSPS) is 14.1. The minimum atomic E-state index is -1.13. The molecule has 2 rings (SSSR count). The van der Waals surface area contributed by atoms with E-state index in [9.17, 15) is 19.2 Å². The molecule has 0 heterocycles. The van der Waals surface area contributed by atoms with E-state index in [4.69, 9.17) is 9.47 Å². The van der Waals surface area contributed by atoms with Gasteiger partial charge in [0, 0.05) is 12.0 Å². The maximum Gasteiger partial charge on any atom is 0.408 e. The SMILES string of the molecule is CCC(C)(C)N(C(=O)C(NC(=O)OC(C)(C)C)C(C)C)C(C(=O)NC(Cc1ccccc1)C(=O)OC(C)(C)C)c1ccc(C)cc1. The lowest BCUT2D eigenvalue weighted by molar-refractivity contribution is -0.159. The molecule has 2 aromatic rings. The topological polar surface area (TPSA) is 114 Å². The number of ether oxygens (including phenoxy) is 2. The van der Waals surface area contributed by atoms with E-state index in [1.54, 1.807) is 46.4 Å². The van der Waals surface area contributed by atoms with Gasteiger partial charge in [0.15, 0.2) is 0 Å². The van der Waals surface area contributed by atoms with Crippen molar-refractivity contribution in [2.45, 2.75) is 131 Å². The Bertz CT molecular complexity index is 1320. The van der Waals surface area contributed by atoms with Gasteiger partial charge in [0.25, 0.3) is 0 Å². The monoisotopic (exact) mass is 637 g/mol. The summed E-state index contributed by atoms with van der Waals surface area (Å²) in [6, 6.07) is 13.6. The molecule has 9 nitrogen and oxygen atoms in total. The van der Waals surface area contributed by atoms with E-state index < -0.39 is 58.7 Å². The van der Waals surface area contributed by atoms with Crippen LogP contribution < -0.4 is 10.6 Å². The van der Waals surface area contributed by atoms with Crippen molar-refractivity contribution in [1.29, 1.82) is 0 Å². The van der Waals surface area contributed by atoms with E-state index in [0.717, 1.165) is 11.1 Å². The first-order chi connectivity index (χ1) is 21.1. The molecule has 0 aliphatic rings. The number of carbonyl (C=O) groups excluding carboxylic acids is 4. The maximum absolute atomic E-state index is 14.7. The summed E-state index contributed by atoms with van der Waals surface area (Å²) >= 11 is 0. The first kappa shape index (κ1) is 38.3. The van der Waals surface area contributed by atoms with Crippen molar-refractivity contribution in [3.05, 3.63) is 71.3 Å². The van der Waals surface area contributed by atoms with Gasteiger partial charge in [0.2, 0.25) is 11.8 Å². The molecule has 0 aliphatic carbocycles. The lowest BCUT2D eigenvalue weighted by Gasteiger charge is -2.45. The molecule has 0 aliphatic heterocycles. The summed E-state index contributed by atoms with van der Waals surface area (Å²) in [4.78, 5) is 57.2. The number of nitrogens with zero attached hydrogens (tertiary/aromatic N) is 1. The Balaban J connectivity index is 2.68. The Labute approximate surface area is 275 Å². The third-order valence-corrected chi connectivity index (χ3v) is 7.55. The van der Waals surface area contributed by atoms with Gasteiger partial charge in [-0.3, -0.25) is 9.59 Å². The number of nitrogens with one attached hydrogen (secondary N) is 2. The number of esters is 1. The van der Waals surface area contributed by atoms with Crippen LogP contribution in [0.15, 0.2) is 54.6 Å². The largest absolute Gasteiger partial charge is 0.458 e. The predicted molar refractivity (Wildman–Crippen MR) is 181 cm³/mol. The quantitative estimate of drug-likeness (QED) is 0.251. The minimum Gasteiger partial charge on any atom is -0.458 e. The summed E-state index contributed by atoms with van der Waals surface area (Å²) in [5, 5.41) is 5.72. The standard InChI is InChI=1S/C37H55N3O6/c1-13-37(11,12)40(32(42)29(24(2)3)39-34(44)46-36(8,9)10)30(27-21-19-25(4)20-22-27)31(41)38-28(33(43)45-35(5,6)7)23-26-17-15-14-16-18-26/h14-22,24,28-30H,13,23H2,1-12H3,(H,38,41)(H,39,44). The lowest BCUT2D eigenvalue weighted by Crippen LogP contribution is -2.61. The van der Waals surface area contributed by atoms with Gasteiger partial charge in [-0.2, -0.15) is 0 Å². The highest BCUT2D eigenvalue weighted by molar-refractivity contribution is 5.94. The van der Waals surface area contributed by atoms with E-state index in [2.05, 4.69) is 10.6 Å². The van der Waals surface area contributed by atoms with Crippen LogP contribution >= 0.6 is 0 Å². The molecule has 0 saturated heterocycles. The number of carbonyl (C=O) groups is 4. The highest BCUT2D eigenvalue weighted by Gasteiger charge is 2.44. The number of alkyl carbamates (subject to hydrolysis) is 1. The Kier molecular flexibility index (Phi) is 13.0. The molecule has 2 N–H and O–H groups in total. The molecule has 2 aromatic carbocycles. The van der Waals surface area contributed by atoms with Crippen LogP contribution in [0.1, 0.15) is 105 Å². The molecular weight excluding hydrogens is 582 g/mol. The molecule has 3 atom stereocenters. The Morgan fingerprint density at radius 2 is 1.33 bits per heavy atom. The number of amides is 3. The summed E-state index contributed by atoms with van der Waals surface area (Å²) in [5.41, 5.74) is 0.00804. The van der Waals surface area contributed by atoms with Crippen molar-refractivity contribution >= 4 is 23.9 Å². The zero-order valence-electron chi connectivity index (χ0n) is 29.8. The first-order valence-electron chi connectivity index (χ1n) is 16.1. The van der Waals surface area contributed by atoms with E-state index >= 15 is 0 Å². The number of rotatable bonds is 12. The third kappa shape index (κ3) is 11.5. The number of aryl methyl sites for hydroxylation is 1. The molecule has 0 radical (unpaired) electrons. The fourth-order valence-corrected chi connectivity index (χ4v) is 4.88. The molecule has 0 fully saturated rings. The zero-order valence-corrected chi connectivity index (χ0v) is 29.8. The van der Waals surface area contributed by atoms with Crippen LogP contribution in [-0.4, -0.2) is 57.6 Å². The molecule has 0 bridgehead atoms. The van der Waals surface area contributed by atoms with Crippen molar-refractivity contribution in [1.82, 2.24) is 15.5 Å². The van der Waals surface area contributed by atoms with Crippen LogP contribution in [0, 0.1) is 12.8 Å². The second-order valence-electron chi connectivity index (χ2n) is 14.8. The highest BCUT2D eigenvalue weighted by Crippen LogP contribution is 2.33. The van der Waals surface area contributed by atoms with Crippen molar-refractivity contribution in [2.24, 2.45) is 5.92 Å². The zero-order chi connectivity index (χ0) is 35.0. The average Bonchev–Trinajstić information content (AvgIpc) is 2.93. The second kappa shape index (κ2) is 15.6. The molecule has 254 valence electrons. The van der Waals surface area contributed by atoms with Crippen LogP contribution in [0.3, 0.4) is 0 Å². The summed E-state index contributed by atoms with van der Waals surface area (Å²) in [6.45, 7) is 21.9. The molecule has 0 spiro atoms. The van der Waals surface area contributed by atoms with Crippen LogP contribution in [-0.2, 0) is 30.3 Å². The molecule has 3 unspecified atom stereocenters. The van der Waals surface area contributed by atoms with Gasteiger partial charge in [0.1, 0.15) is 29.3 Å². The van der Waals surface area contributed by atoms with Gasteiger partial charge in [-0.1, -0.05) is 80.9 Å². The van der Waals surface area contributed by atoms with E-state index in [0.29, 0.717) is 12.0 Å². The van der Waals surface area contributed by atoms with E-state index in [1.165, 1.54) is 0 Å². The summed E-state index contributed by atoms with van der Waals surface area (Å²) < 4.78 is 11.2. The molecule has 0 saturated carbocycles. The fraction of sp³-hybridized carbons (Fsp3) is 0.568. The van der Waals surface area contributed by atoms with Crippen LogP contribution in [0.25, 0.3) is 0 Å². The number of benzene rings is 2. The summed E-state index contributed by atoms with van der Waals surface area (Å²) in [6.07, 6.45) is -0.0225. The highest BCUT2D eigenvalue weighted by atomic mass is 16.6. The Morgan fingerprint density at radius 1 is 0.783 bits per heavy atom. The van der Waals surface area contributed by atoms with Gasteiger partial charge in [-0.25, -0.2) is 9.59 Å². The average molecular weight is 638 g/mol. The summed E-state index contributed by atoms with van der Waals surface area (Å²) in [5.74, 6) is -1.88. The minimum absolute atomic E-state index is 0.196. The predicted octanol–water partition coefficient (Wildman–Crippen LogP) is 6.67. The van der Waals surface area contributed by atoms with Crippen molar-refractivity contribution in [3.63, 3.8) is 0 Å². The molecular formula is C37H55N3O6. The van der Waals surface area contributed by atoms with Crippen molar-refractivity contribution < 1.29 is 28.7 Å². The van der Waals surface area contributed by atoms with Gasteiger partial charge in [-0.05, 0) is 85.8 Å². The van der Waals surface area contributed by atoms with E-state index in [1.807, 2.05) is 96.1 Å². The van der Waals surface area contributed by atoms with Crippen LogP contribution in [0.2, 0.25) is 0 Å². The van der Waals surface area contributed by atoms with Gasteiger partial charge >= 0.3 is 12.1 Å². The lowest BCUT2D eigenvalue weighted by atomic mass is 9.90. The molecule has 0 aromatic heterocycles. The fourth-order valence-electron chi connectivity index (χ4n) is 4.88. The van der Waals surface area contributed by atoms with Gasteiger partial charge in [0.05, 0.1) is 0 Å². The molecule has 9 heteroatoms. The smallest absolute Gasteiger partial charge is 0.408 e. The number of hydrogen-bond acceptors (Lipinski definition) is 6. The second-order valence-corrected chi connectivity index (χ2v) is 14.8. The van der Waals surface area contributed by atoms with Gasteiger partial charge < -0.3 is 25.0 Å². The first-order valence-corrected chi connectivity index (χ1v) is 16.1. The Hall–Kier alpha value is -3.88. The van der Waals surface area contributed by atoms with E-state index in [-0.39, 0.29) is 12.3 Å². The molecule has 46 heavy (non-hydrogen) atoms. The molecule has 3 amide bonds. The summed E-state index contributed by atoms with van der Waals surface area (Å²) in [7, 11) is 0. The van der Waals surface area contributed by atoms with Crippen LogP contribution in [0.4, 0.5) is 4.79 Å². The van der Waals surface area contributed by atoms with Crippen LogP contribution in [0.5, 0.6) is 0 Å². The van der Waals surface area contributed by atoms with Crippen molar-refractivity contribution in [3.8, 4) is 0 Å². The van der Waals surface area contributed by atoms with Crippen molar-refractivity contribution in [2.75, 3.05) is 0 Å². The third-order valence-electron chi connectivity index (χ3n) is 7.55. The Morgan fingerprint density at radius 3 is 1.80 bits per heavy atom. The number of hydrogen-bond donors (Lipinski definition) is 2.